The first-order chi connectivity index (χ1) is 6.72. The van der Waals surface area contributed by atoms with Crippen LogP contribution in [0.25, 0.3) is 0 Å². The molecular formula is C11H12ClNO. The molecule has 0 saturated heterocycles. The van der Waals surface area contributed by atoms with Gasteiger partial charge in [0, 0.05) is 30.2 Å². The minimum Gasteiger partial charge on any atom is -0.374 e. The van der Waals surface area contributed by atoms with Crippen LogP contribution in [-0.4, -0.2) is 19.9 Å². The van der Waals surface area contributed by atoms with E-state index in [2.05, 4.69) is 4.90 Å². The zero-order valence-electron chi connectivity index (χ0n) is 8.03. The van der Waals surface area contributed by atoms with Gasteiger partial charge in [-0.1, -0.05) is 17.7 Å². The molecule has 0 aliphatic carbocycles. The van der Waals surface area contributed by atoms with Crippen molar-refractivity contribution in [3.63, 3.8) is 0 Å². The van der Waals surface area contributed by atoms with Gasteiger partial charge in [0.2, 0.25) is 0 Å². The average molecular weight is 210 g/mol. The quantitative estimate of drug-likeness (QED) is 0.663. The Kier molecular flexibility index (Phi) is 2.46. The minimum absolute atomic E-state index is 0.0402. The molecule has 1 unspecified atom stereocenters. The molecule has 0 bridgehead atoms. The molecule has 0 radical (unpaired) electrons. The first-order valence-electron chi connectivity index (χ1n) is 4.68. The van der Waals surface area contributed by atoms with Crippen molar-refractivity contribution in [1.29, 1.82) is 0 Å². The van der Waals surface area contributed by atoms with E-state index in [1.165, 1.54) is 0 Å². The van der Waals surface area contributed by atoms with Gasteiger partial charge in [0.05, 0.1) is 0 Å². The third kappa shape index (κ3) is 1.50. The van der Waals surface area contributed by atoms with Gasteiger partial charge in [0.25, 0.3) is 0 Å². The lowest BCUT2D eigenvalue weighted by molar-refractivity contribution is -0.109. The SMILES string of the molecule is CN1CCC(C=O)c2ccc(Cl)cc21. The summed E-state index contributed by atoms with van der Waals surface area (Å²) in [5.74, 6) is 0.0402. The van der Waals surface area contributed by atoms with Crippen molar-refractivity contribution in [2.45, 2.75) is 12.3 Å². The zero-order chi connectivity index (χ0) is 10.1. The van der Waals surface area contributed by atoms with Crippen LogP contribution in [0.1, 0.15) is 17.9 Å². The van der Waals surface area contributed by atoms with Gasteiger partial charge < -0.3 is 9.69 Å². The molecule has 2 nitrogen and oxygen atoms in total. The van der Waals surface area contributed by atoms with Crippen LogP contribution in [-0.2, 0) is 4.79 Å². The minimum atomic E-state index is 0.0402. The first-order valence-corrected chi connectivity index (χ1v) is 5.06. The Morgan fingerprint density at radius 1 is 1.57 bits per heavy atom. The van der Waals surface area contributed by atoms with Crippen LogP contribution in [0.2, 0.25) is 5.02 Å². The van der Waals surface area contributed by atoms with Crippen molar-refractivity contribution in [2.75, 3.05) is 18.5 Å². The maximum absolute atomic E-state index is 10.9. The van der Waals surface area contributed by atoms with Gasteiger partial charge in [-0.3, -0.25) is 0 Å². The van der Waals surface area contributed by atoms with Gasteiger partial charge >= 0.3 is 0 Å². The fourth-order valence-electron chi connectivity index (χ4n) is 1.91. The van der Waals surface area contributed by atoms with E-state index in [0.29, 0.717) is 0 Å². The van der Waals surface area contributed by atoms with Crippen molar-refractivity contribution < 1.29 is 4.79 Å². The van der Waals surface area contributed by atoms with Gasteiger partial charge in [-0.2, -0.15) is 0 Å². The average Bonchev–Trinajstić information content (AvgIpc) is 2.19. The molecule has 14 heavy (non-hydrogen) atoms. The molecule has 2 rings (SSSR count). The number of nitrogens with zero attached hydrogens (tertiary/aromatic N) is 1. The van der Waals surface area contributed by atoms with E-state index in [1.54, 1.807) is 0 Å². The number of benzene rings is 1. The lowest BCUT2D eigenvalue weighted by Crippen LogP contribution is -2.27. The second kappa shape index (κ2) is 3.62. The van der Waals surface area contributed by atoms with E-state index in [-0.39, 0.29) is 5.92 Å². The maximum Gasteiger partial charge on any atom is 0.127 e. The van der Waals surface area contributed by atoms with E-state index in [9.17, 15) is 4.79 Å². The molecule has 0 N–H and O–H groups in total. The lowest BCUT2D eigenvalue weighted by Gasteiger charge is -2.30. The Balaban J connectivity index is 2.50. The lowest BCUT2D eigenvalue weighted by atomic mass is 9.91. The molecule has 0 fully saturated rings. The van der Waals surface area contributed by atoms with Gasteiger partial charge in [0.1, 0.15) is 6.29 Å². The molecule has 0 spiro atoms. The van der Waals surface area contributed by atoms with Crippen molar-refractivity contribution in [3.8, 4) is 0 Å². The summed E-state index contributed by atoms with van der Waals surface area (Å²) in [6.45, 7) is 0.913. The monoisotopic (exact) mass is 209 g/mol. The summed E-state index contributed by atoms with van der Waals surface area (Å²) in [4.78, 5) is 13.0. The van der Waals surface area contributed by atoms with Gasteiger partial charge in [0.15, 0.2) is 0 Å². The summed E-state index contributed by atoms with van der Waals surface area (Å²) in [7, 11) is 2.02. The number of carbonyl (C=O) groups excluding carboxylic acids is 1. The van der Waals surface area contributed by atoms with Crippen molar-refractivity contribution in [2.24, 2.45) is 0 Å². The van der Waals surface area contributed by atoms with Gasteiger partial charge in [-0.05, 0) is 24.1 Å². The second-order valence-corrected chi connectivity index (χ2v) is 4.09. The summed E-state index contributed by atoms with van der Waals surface area (Å²) in [5, 5.41) is 0.724. The van der Waals surface area contributed by atoms with Crippen LogP contribution in [0.15, 0.2) is 18.2 Å². The van der Waals surface area contributed by atoms with Gasteiger partial charge in [-0.15, -0.1) is 0 Å². The second-order valence-electron chi connectivity index (χ2n) is 3.66. The highest BCUT2D eigenvalue weighted by Crippen LogP contribution is 2.34. The zero-order valence-corrected chi connectivity index (χ0v) is 8.79. The molecule has 0 aromatic heterocycles. The van der Waals surface area contributed by atoms with Crippen LogP contribution < -0.4 is 4.90 Å². The molecule has 1 heterocycles. The van der Waals surface area contributed by atoms with Crippen molar-refractivity contribution >= 4 is 23.6 Å². The highest BCUT2D eigenvalue weighted by atomic mass is 35.5. The molecule has 74 valence electrons. The number of halogens is 1. The standard InChI is InChI=1S/C11H12ClNO/c1-13-5-4-8(7-14)10-3-2-9(12)6-11(10)13/h2-3,6-8H,4-5H2,1H3. The molecule has 0 saturated carbocycles. The number of hydrogen-bond donors (Lipinski definition) is 0. The maximum atomic E-state index is 10.9. The Hall–Kier alpha value is -1.02. The number of rotatable bonds is 1. The number of aldehydes is 1. The summed E-state index contributed by atoms with van der Waals surface area (Å²) in [6.07, 6.45) is 1.92. The predicted octanol–water partition coefficient (Wildman–Crippen LogP) is 2.46. The highest BCUT2D eigenvalue weighted by Gasteiger charge is 2.22. The molecular weight excluding hydrogens is 198 g/mol. The van der Waals surface area contributed by atoms with E-state index < -0.39 is 0 Å². The van der Waals surface area contributed by atoms with E-state index in [1.807, 2.05) is 25.2 Å². The largest absolute Gasteiger partial charge is 0.374 e. The van der Waals surface area contributed by atoms with Crippen LogP contribution >= 0.6 is 11.6 Å². The third-order valence-corrected chi connectivity index (χ3v) is 2.98. The summed E-state index contributed by atoms with van der Waals surface area (Å²) in [5.41, 5.74) is 2.18. The molecule has 1 atom stereocenters. The fourth-order valence-corrected chi connectivity index (χ4v) is 2.08. The first kappa shape index (κ1) is 9.53. The number of carbonyl (C=O) groups is 1. The van der Waals surface area contributed by atoms with Crippen molar-refractivity contribution in [3.05, 3.63) is 28.8 Å². The number of hydrogen-bond acceptors (Lipinski definition) is 2. The smallest absolute Gasteiger partial charge is 0.127 e. The van der Waals surface area contributed by atoms with Crippen LogP contribution in [0.5, 0.6) is 0 Å². The number of fused-ring (bicyclic) bond motifs is 1. The molecule has 1 aliphatic rings. The third-order valence-electron chi connectivity index (χ3n) is 2.74. The Morgan fingerprint density at radius 3 is 3.07 bits per heavy atom. The van der Waals surface area contributed by atoms with Crippen LogP contribution in [0.3, 0.4) is 0 Å². The molecule has 1 aliphatic heterocycles. The van der Waals surface area contributed by atoms with Crippen LogP contribution in [0.4, 0.5) is 5.69 Å². The molecule has 1 aromatic carbocycles. The molecule has 3 heteroatoms. The Bertz CT molecular complexity index is 364. The van der Waals surface area contributed by atoms with E-state index in [4.69, 9.17) is 11.6 Å². The van der Waals surface area contributed by atoms with E-state index in [0.717, 1.165) is 35.5 Å². The Morgan fingerprint density at radius 2 is 2.36 bits per heavy atom. The summed E-state index contributed by atoms with van der Waals surface area (Å²) < 4.78 is 0. The topological polar surface area (TPSA) is 20.3 Å². The molecule has 1 aromatic rings. The van der Waals surface area contributed by atoms with E-state index >= 15 is 0 Å². The molecule has 0 amide bonds. The highest BCUT2D eigenvalue weighted by molar-refractivity contribution is 6.30. The fraction of sp³-hybridized carbons (Fsp3) is 0.364. The number of anilines is 1. The normalized spacial score (nSPS) is 20.4. The van der Waals surface area contributed by atoms with Gasteiger partial charge in [-0.25, -0.2) is 0 Å². The van der Waals surface area contributed by atoms with Crippen LogP contribution in [0, 0.1) is 0 Å². The predicted molar refractivity (Wildman–Crippen MR) is 58.1 cm³/mol. The summed E-state index contributed by atoms with van der Waals surface area (Å²) in [6, 6.07) is 5.72. The Labute approximate surface area is 88.5 Å². The van der Waals surface area contributed by atoms with Crippen molar-refractivity contribution in [1.82, 2.24) is 0 Å². The summed E-state index contributed by atoms with van der Waals surface area (Å²) >= 11 is 5.92.